The highest BCUT2D eigenvalue weighted by Gasteiger charge is 2.26. The topological polar surface area (TPSA) is 105 Å². The number of benzene rings is 1. The predicted octanol–water partition coefficient (Wildman–Crippen LogP) is 1.71. The molecule has 4 N–H and O–H groups in total. The molecule has 0 radical (unpaired) electrons. The first-order chi connectivity index (χ1) is 14.1. The molecule has 1 aromatic rings. The van der Waals surface area contributed by atoms with Crippen molar-refractivity contribution >= 4 is 17.7 Å². The summed E-state index contributed by atoms with van der Waals surface area (Å²) in [5.74, 6) is -0.248. The maximum Gasteiger partial charge on any atom is 0.239 e. The Morgan fingerprint density at radius 1 is 1.00 bits per heavy atom. The minimum Gasteiger partial charge on any atom is -0.370 e. The Hall–Kier alpha value is -2.41. The molecule has 1 heterocycles. The lowest BCUT2D eigenvalue weighted by Gasteiger charge is -2.24. The number of nitrogens with two attached hydrogens (primary N) is 1. The van der Waals surface area contributed by atoms with Gasteiger partial charge in [0.15, 0.2) is 0 Å². The Balaban J connectivity index is 1.59. The van der Waals surface area contributed by atoms with Crippen molar-refractivity contribution in [1.82, 2.24) is 15.5 Å². The fourth-order valence-electron chi connectivity index (χ4n) is 3.51. The van der Waals surface area contributed by atoms with E-state index in [1.165, 1.54) is 0 Å². The molecule has 1 aliphatic rings. The predicted molar refractivity (Wildman–Crippen MR) is 113 cm³/mol. The van der Waals surface area contributed by atoms with Crippen molar-refractivity contribution in [3.63, 3.8) is 0 Å². The summed E-state index contributed by atoms with van der Waals surface area (Å²) >= 11 is 0. The molecule has 1 aliphatic heterocycles. The number of hydrogen-bond donors (Lipinski definition) is 3. The second-order valence-electron chi connectivity index (χ2n) is 7.62. The van der Waals surface area contributed by atoms with Crippen molar-refractivity contribution in [3.05, 3.63) is 35.9 Å². The van der Waals surface area contributed by atoms with Gasteiger partial charge in [-0.2, -0.15) is 0 Å². The van der Waals surface area contributed by atoms with Gasteiger partial charge in [0.1, 0.15) is 0 Å². The van der Waals surface area contributed by atoms with Gasteiger partial charge < -0.3 is 21.3 Å². The number of nitrogens with zero attached hydrogens (tertiary/aromatic N) is 1. The quantitative estimate of drug-likeness (QED) is 0.437. The van der Waals surface area contributed by atoms with Crippen LogP contribution in [-0.2, 0) is 20.9 Å². The van der Waals surface area contributed by atoms with Crippen LogP contribution in [0.2, 0.25) is 0 Å². The van der Waals surface area contributed by atoms with Crippen LogP contribution >= 0.6 is 0 Å². The van der Waals surface area contributed by atoms with Gasteiger partial charge in [0.2, 0.25) is 17.7 Å². The lowest BCUT2D eigenvalue weighted by atomic mass is 10.1. The zero-order chi connectivity index (χ0) is 20.9. The molecule has 0 bridgehead atoms. The largest absolute Gasteiger partial charge is 0.370 e. The molecular formula is C22H34N4O3. The Labute approximate surface area is 173 Å². The third-order valence-electron chi connectivity index (χ3n) is 5.20. The molecule has 2 rings (SSSR count). The van der Waals surface area contributed by atoms with Gasteiger partial charge in [-0.05, 0) is 44.2 Å². The maximum absolute atomic E-state index is 12.6. The third-order valence-corrected chi connectivity index (χ3v) is 5.20. The SMILES string of the molecule is NC(=O)CC[C@H](NCCCCCC(=O)NCc1ccccc1)C(=O)N1CCCC1. The highest BCUT2D eigenvalue weighted by molar-refractivity contribution is 5.83. The van der Waals surface area contributed by atoms with E-state index in [1.54, 1.807) is 0 Å². The number of rotatable bonds is 13. The lowest BCUT2D eigenvalue weighted by molar-refractivity contribution is -0.132. The maximum atomic E-state index is 12.6. The van der Waals surface area contributed by atoms with Crippen LogP contribution in [0, 0.1) is 0 Å². The first kappa shape index (κ1) is 22.9. The first-order valence-electron chi connectivity index (χ1n) is 10.7. The van der Waals surface area contributed by atoms with E-state index in [0.717, 1.165) is 50.8 Å². The summed E-state index contributed by atoms with van der Waals surface area (Å²) < 4.78 is 0. The van der Waals surface area contributed by atoms with Gasteiger partial charge in [-0.1, -0.05) is 36.8 Å². The molecule has 1 atom stereocenters. The standard InChI is InChI=1S/C22H34N4O3/c23-20(27)13-12-19(22(29)26-15-7-8-16-26)24-14-6-2-5-11-21(28)25-17-18-9-3-1-4-10-18/h1,3-4,9-10,19,24H,2,5-8,11-17H2,(H2,23,27)(H,25,28)/t19-/m0/s1. The number of carbonyl (C=O) groups excluding carboxylic acids is 3. The fraction of sp³-hybridized carbons (Fsp3) is 0.591. The van der Waals surface area contributed by atoms with E-state index in [2.05, 4.69) is 10.6 Å². The van der Waals surface area contributed by atoms with Crippen LogP contribution in [0.1, 0.15) is 56.9 Å². The van der Waals surface area contributed by atoms with Crippen LogP contribution < -0.4 is 16.4 Å². The van der Waals surface area contributed by atoms with Crippen LogP contribution in [0.5, 0.6) is 0 Å². The van der Waals surface area contributed by atoms with E-state index in [0.29, 0.717) is 25.9 Å². The average molecular weight is 403 g/mol. The van der Waals surface area contributed by atoms with E-state index in [9.17, 15) is 14.4 Å². The van der Waals surface area contributed by atoms with Gasteiger partial charge in [-0.3, -0.25) is 14.4 Å². The molecule has 0 saturated carbocycles. The number of likely N-dealkylation sites (tertiary alicyclic amines) is 1. The minimum absolute atomic E-state index is 0.0605. The van der Waals surface area contributed by atoms with E-state index < -0.39 is 0 Å². The molecule has 160 valence electrons. The Morgan fingerprint density at radius 2 is 1.72 bits per heavy atom. The van der Waals surface area contributed by atoms with E-state index >= 15 is 0 Å². The molecule has 0 spiro atoms. The zero-order valence-corrected chi connectivity index (χ0v) is 17.2. The minimum atomic E-state index is -0.382. The molecule has 0 aromatic heterocycles. The summed E-state index contributed by atoms with van der Waals surface area (Å²) in [6, 6.07) is 9.50. The van der Waals surface area contributed by atoms with Crippen LogP contribution in [0.15, 0.2) is 30.3 Å². The highest BCUT2D eigenvalue weighted by atomic mass is 16.2. The average Bonchev–Trinajstić information content (AvgIpc) is 3.26. The summed E-state index contributed by atoms with van der Waals surface area (Å²) in [6.45, 7) is 2.84. The molecule has 7 nitrogen and oxygen atoms in total. The van der Waals surface area contributed by atoms with Crippen LogP contribution in [0.25, 0.3) is 0 Å². The summed E-state index contributed by atoms with van der Waals surface area (Å²) in [6.07, 6.45) is 5.84. The zero-order valence-electron chi connectivity index (χ0n) is 17.2. The van der Waals surface area contributed by atoms with Gasteiger partial charge in [0, 0.05) is 32.5 Å². The van der Waals surface area contributed by atoms with Crippen molar-refractivity contribution in [3.8, 4) is 0 Å². The van der Waals surface area contributed by atoms with Gasteiger partial charge >= 0.3 is 0 Å². The number of hydrogen-bond acceptors (Lipinski definition) is 4. The van der Waals surface area contributed by atoms with Gasteiger partial charge in [0.05, 0.1) is 6.04 Å². The van der Waals surface area contributed by atoms with Crippen molar-refractivity contribution in [1.29, 1.82) is 0 Å². The van der Waals surface area contributed by atoms with Crippen molar-refractivity contribution in [2.24, 2.45) is 5.73 Å². The number of unbranched alkanes of at least 4 members (excludes halogenated alkanes) is 2. The molecule has 1 fully saturated rings. The molecule has 0 unspecified atom stereocenters. The number of primary amides is 1. The van der Waals surface area contributed by atoms with E-state index in [4.69, 9.17) is 5.73 Å². The van der Waals surface area contributed by atoms with Crippen LogP contribution in [0.3, 0.4) is 0 Å². The third kappa shape index (κ3) is 9.09. The van der Waals surface area contributed by atoms with Crippen molar-refractivity contribution in [2.75, 3.05) is 19.6 Å². The number of amides is 3. The normalized spacial score (nSPS) is 14.6. The van der Waals surface area contributed by atoms with Crippen molar-refractivity contribution < 1.29 is 14.4 Å². The molecule has 29 heavy (non-hydrogen) atoms. The first-order valence-corrected chi connectivity index (χ1v) is 10.7. The van der Waals surface area contributed by atoms with Gasteiger partial charge in [-0.25, -0.2) is 0 Å². The van der Waals surface area contributed by atoms with Crippen LogP contribution in [-0.4, -0.2) is 48.3 Å². The molecule has 3 amide bonds. The number of nitrogens with one attached hydrogen (secondary N) is 2. The molecule has 0 aliphatic carbocycles. The van der Waals surface area contributed by atoms with Gasteiger partial charge in [0.25, 0.3) is 0 Å². The van der Waals surface area contributed by atoms with E-state index in [1.807, 2.05) is 35.2 Å². The van der Waals surface area contributed by atoms with Crippen molar-refractivity contribution in [2.45, 2.75) is 64.0 Å². The fourth-order valence-corrected chi connectivity index (χ4v) is 3.51. The van der Waals surface area contributed by atoms with E-state index in [-0.39, 0.29) is 30.2 Å². The Morgan fingerprint density at radius 3 is 2.41 bits per heavy atom. The Bertz CT molecular complexity index is 645. The monoisotopic (exact) mass is 402 g/mol. The molecule has 7 heteroatoms. The lowest BCUT2D eigenvalue weighted by Crippen LogP contribution is -2.46. The Kier molecular flexibility index (Phi) is 10.2. The van der Waals surface area contributed by atoms with Crippen LogP contribution in [0.4, 0.5) is 0 Å². The molecule has 1 saturated heterocycles. The highest BCUT2D eigenvalue weighted by Crippen LogP contribution is 2.12. The second kappa shape index (κ2) is 12.9. The summed E-state index contributed by atoms with van der Waals surface area (Å²) in [5, 5.41) is 6.22. The second-order valence-corrected chi connectivity index (χ2v) is 7.62. The summed E-state index contributed by atoms with van der Waals surface area (Å²) in [7, 11) is 0. The summed E-state index contributed by atoms with van der Waals surface area (Å²) in [4.78, 5) is 37.5. The number of carbonyl (C=O) groups is 3. The smallest absolute Gasteiger partial charge is 0.239 e. The molecular weight excluding hydrogens is 368 g/mol. The summed E-state index contributed by atoms with van der Waals surface area (Å²) in [5.41, 5.74) is 6.34. The molecule has 1 aromatic carbocycles. The van der Waals surface area contributed by atoms with Gasteiger partial charge in [-0.15, -0.1) is 0 Å².